The Morgan fingerprint density at radius 1 is 1.25 bits per heavy atom. The van der Waals surface area contributed by atoms with Gasteiger partial charge in [-0.1, -0.05) is 6.07 Å². The van der Waals surface area contributed by atoms with Crippen molar-refractivity contribution in [2.24, 2.45) is 0 Å². The summed E-state index contributed by atoms with van der Waals surface area (Å²) < 4.78 is 10.1. The van der Waals surface area contributed by atoms with Crippen molar-refractivity contribution in [3.8, 4) is 11.5 Å². The second-order valence-electron chi connectivity index (χ2n) is 4.44. The van der Waals surface area contributed by atoms with Crippen LogP contribution in [0.15, 0.2) is 24.3 Å². The summed E-state index contributed by atoms with van der Waals surface area (Å²) in [5.74, 6) is 1.11. The van der Waals surface area contributed by atoms with E-state index in [4.69, 9.17) is 9.47 Å². The van der Waals surface area contributed by atoms with Crippen LogP contribution in [-0.4, -0.2) is 18.7 Å². The molecule has 0 aliphatic rings. The molecule has 0 radical (unpaired) electrons. The molecule has 1 aromatic carbocycles. The van der Waals surface area contributed by atoms with Gasteiger partial charge in [0.05, 0.1) is 7.11 Å². The van der Waals surface area contributed by atoms with Gasteiger partial charge in [-0.15, -0.1) is 0 Å². The number of carbonyl (C=O) groups excluding carboxylic acids is 1. The van der Waals surface area contributed by atoms with Gasteiger partial charge in [0.15, 0.2) is 0 Å². The summed E-state index contributed by atoms with van der Waals surface area (Å²) in [6.07, 6.45) is -0.472. The maximum atomic E-state index is 11.5. The van der Waals surface area contributed by atoms with Crippen LogP contribution in [-0.2, 0) is 0 Å². The molecule has 88 valence electrons. The number of nitrogens with one attached hydrogen (secondary N) is 1. The van der Waals surface area contributed by atoms with Crippen LogP contribution in [0.2, 0.25) is 0 Å². The Hall–Kier alpha value is -1.71. The molecule has 0 saturated carbocycles. The first kappa shape index (κ1) is 12.4. The van der Waals surface area contributed by atoms with Crippen LogP contribution in [0, 0.1) is 0 Å². The zero-order valence-corrected chi connectivity index (χ0v) is 10.0. The van der Waals surface area contributed by atoms with Crippen LogP contribution in [0.3, 0.4) is 0 Å². The molecule has 0 saturated heterocycles. The summed E-state index contributed by atoms with van der Waals surface area (Å²) in [6.45, 7) is 5.67. The molecule has 4 heteroatoms. The number of hydrogen-bond donors (Lipinski definition) is 1. The topological polar surface area (TPSA) is 47.6 Å². The SMILES string of the molecule is COc1cccc(OC(=O)NC(C)(C)C)c1. The zero-order valence-electron chi connectivity index (χ0n) is 10.0. The van der Waals surface area contributed by atoms with Crippen LogP contribution in [0.5, 0.6) is 11.5 Å². The van der Waals surface area contributed by atoms with Crippen molar-refractivity contribution in [3.63, 3.8) is 0 Å². The fraction of sp³-hybridized carbons (Fsp3) is 0.417. The molecule has 0 atom stereocenters. The highest BCUT2D eigenvalue weighted by molar-refractivity contribution is 5.71. The van der Waals surface area contributed by atoms with Crippen LogP contribution in [0.25, 0.3) is 0 Å². The Balaban J connectivity index is 2.62. The Morgan fingerprint density at radius 2 is 1.88 bits per heavy atom. The summed E-state index contributed by atoms with van der Waals surface area (Å²) >= 11 is 0. The standard InChI is InChI=1S/C12H17NO3/c1-12(2,3)13-11(14)16-10-7-5-6-9(8-10)15-4/h5-8H,1-4H3,(H,13,14). The third-order valence-corrected chi connectivity index (χ3v) is 1.73. The molecule has 0 spiro atoms. The van der Waals surface area contributed by atoms with E-state index in [9.17, 15) is 4.79 Å². The number of hydrogen-bond acceptors (Lipinski definition) is 3. The lowest BCUT2D eigenvalue weighted by Crippen LogP contribution is -2.42. The second kappa shape index (κ2) is 4.88. The Labute approximate surface area is 95.6 Å². The molecule has 0 fully saturated rings. The van der Waals surface area contributed by atoms with Gasteiger partial charge in [-0.05, 0) is 32.9 Å². The molecule has 0 aromatic heterocycles. The summed E-state index contributed by atoms with van der Waals surface area (Å²) in [7, 11) is 1.56. The first-order chi connectivity index (χ1) is 7.40. The molecular weight excluding hydrogens is 206 g/mol. The summed E-state index contributed by atoms with van der Waals surface area (Å²) in [5.41, 5.74) is -0.310. The number of methoxy groups -OCH3 is 1. The maximum absolute atomic E-state index is 11.5. The predicted molar refractivity (Wildman–Crippen MR) is 61.9 cm³/mol. The van der Waals surface area contributed by atoms with E-state index in [-0.39, 0.29) is 5.54 Å². The lowest BCUT2D eigenvalue weighted by molar-refractivity contribution is 0.190. The van der Waals surface area contributed by atoms with Gasteiger partial charge in [-0.2, -0.15) is 0 Å². The fourth-order valence-corrected chi connectivity index (χ4v) is 1.10. The third kappa shape index (κ3) is 4.21. The fourth-order valence-electron chi connectivity index (χ4n) is 1.10. The molecule has 0 heterocycles. The second-order valence-corrected chi connectivity index (χ2v) is 4.44. The first-order valence-electron chi connectivity index (χ1n) is 5.05. The van der Waals surface area contributed by atoms with Crippen LogP contribution >= 0.6 is 0 Å². The molecule has 1 N–H and O–H groups in total. The lowest BCUT2D eigenvalue weighted by Gasteiger charge is -2.19. The smallest absolute Gasteiger partial charge is 0.413 e. The Kier molecular flexibility index (Phi) is 3.77. The molecule has 0 aliphatic carbocycles. The van der Waals surface area contributed by atoms with Crippen molar-refractivity contribution in [1.82, 2.24) is 5.32 Å². The first-order valence-corrected chi connectivity index (χ1v) is 5.05. The van der Waals surface area contributed by atoms with Gasteiger partial charge in [-0.25, -0.2) is 4.79 Å². The summed E-state index contributed by atoms with van der Waals surface area (Å²) in [6, 6.07) is 6.90. The molecule has 1 rings (SSSR count). The van der Waals surface area contributed by atoms with E-state index < -0.39 is 6.09 Å². The van der Waals surface area contributed by atoms with Gasteiger partial charge in [0.1, 0.15) is 11.5 Å². The summed E-state index contributed by atoms with van der Waals surface area (Å²) in [4.78, 5) is 11.5. The molecule has 1 aromatic rings. The van der Waals surface area contributed by atoms with Crippen molar-refractivity contribution in [2.45, 2.75) is 26.3 Å². The zero-order chi connectivity index (χ0) is 12.2. The third-order valence-electron chi connectivity index (χ3n) is 1.73. The average molecular weight is 223 g/mol. The monoisotopic (exact) mass is 223 g/mol. The van der Waals surface area contributed by atoms with E-state index >= 15 is 0 Å². The minimum absolute atomic E-state index is 0.310. The number of rotatable bonds is 2. The van der Waals surface area contributed by atoms with Crippen molar-refractivity contribution in [1.29, 1.82) is 0 Å². The molecule has 4 nitrogen and oxygen atoms in total. The van der Waals surface area contributed by atoms with E-state index in [1.165, 1.54) is 0 Å². The molecule has 0 aliphatic heterocycles. The highest BCUT2D eigenvalue weighted by Crippen LogP contribution is 2.19. The van der Waals surface area contributed by atoms with E-state index in [0.717, 1.165) is 0 Å². The highest BCUT2D eigenvalue weighted by Gasteiger charge is 2.15. The van der Waals surface area contributed by atoms with Crippen LogP contribution in [0.4, 0.5) is 4.79 Å². The van der Waals surface area contributed by atoms with Gasteiger partial charge in [-0.3, -0.25) is 0 Å². The largest absolute Gasteiger partial charge is 0.497 e. The predicted octanol–water partition coefficient (Wildman–Crippen LogP) is 2.58. The van der Waals surface area contributed by atoms with Crippen molar-refractivity contribution in [3.05, 3.63) is 24.3 Å². The van der Waals surface area contributed by atoms with Gasteiger partial charge in [0.2, 0.25) is 0 Å². The molecule has 0 unspecified atom stereocenters. The van der Waals surface area contributed by atoms with Crippen molar-refractivity contribution >= 4 is 6.09 Å². The van der Waals surface area contributed by atoms with E-state index in [1.807, 2.05) is 20.8 Å². The molecular formula is C12H17NO3. The van der Waals surface area contributed by atoms with E-state index in [2.05, 4.69) is 5.32 Å². The number of carbonyl (C=O) groups is 1. The van der Waals surface area contributed by atoms with Gasteiger partial charge < -0.3 is 14.8 Å². The van der Waals surface area contributed by atoms with Crippen LogP contribution < -0.4 is 14.8 Å². The average Bonchev–Trinajstić information content (AvgIpc) is 2.15. The maximum Gasteiger partial charge on any atom is 0.413 e. The number of amides is 1. The van der Waals surface area contributed by atoms with Crippen molar-refractivity contribution in [2.75, 3.05) is 7.11 Å². The van der Waals surface area contributed by atoms with E-state index in [1.54, 1.807) is 31.4 Å². The molecule has 1 amide bonds. The molecule has 0 bridgehead atoms. The van der Waals surface area contributed by atoms with Crippen LogP contribution in [0.1, 0.15) is 20.8 Å². The number of ether oxygens (including phenoxy) is 2. The van der Waals surface area contributed by atoms with E-state index in [0.29, 0.717) is 11.5 Å². The summed E-state index contributed by atoms with van der Waals surface area (Å²) in [5, 5.41) is 2.70. The Bertz CT molecular complexity index is 369. The Morgan fingerprint density at radius 3 is 2.44 bits per heavy atom. The van der Waals surface area contributed by atoms with Gasteiger partial charge in [0.25, 0.3) is 0 Å². The molecule has 16 heavy (non-hydrogen) atoms. The normalized spacial score (nSPS) is 10.8. The minimum Gasteiger partial charge on any atom is -0.497 e. The van der Waals surface area contributed by atoms with Gasteiger partial charge in [0, 0.05) is 11.6 Å². The minimum atomic E-state index is -0.472. The number of benzene rings is 1. The van der Waals surface area contributed by atoms with Gasteiger partial charge >= 0.3 is 6.09 Å². The quantitative estimate of drug-likeness (QED) is 0.838. The van der Waals surface area contributed by atoms with Crippen molar-refractivity contribution < 1.29 is 14.3 Å². The lowest BCUT2D eigenvalue weighted by atomic mass is 10.1. The highest BCUT2D eigenvalue weighted by atomic mass is 16.6.